The van der Waals surface area contributed by atoms with E-state index in [0.29, 0.717) is 0 Å². The van der Waals surface area contributed by atoms with E-state index in [2.05, 4.69) is 38.2 Å². The number of hydrogen-bond donors (Lipinski definition) is 1. The molecule has 0 spiro atoms. The van der Waals surface area contributed by atoms with Gasteiger partial charge in [-0.25, -0.2) is 0 Å². The lowest BCUT2D eigenvalue weighted by Crippen LogP contribution is -2.38. The summed E-state index contributed by atoms with van der Waals surface area (Å²) in [5, 5.41) is 3.76. The zero-order chi connectivity index (χ0) is 12.3. The molecule has 96 valence electrons. The number of aryl methyl sites for hydroxylation is 1. The zero-order valence-corrected chi connectivity index (χ0v) is 12.1. The van der Waals surface area contributed by atoms with E-state index >= 15 is 0 Å². The van der Waals surface area contributed by atoms with Gasteiger partial charge in [0.25, 0.3) is 0 Å². The number of nitrogens with one attached hydrogen (secondary N) is 1. The first-order chi connectivity index (χ1) is 8.19. The monoisotopic (exact) mass is 251 g/mol. The zero-order valence-electron chi connectivity index (χ0n) is 11.3. The van der Waals surface area contributed by atoms with E-state index in [-0.39, 0.29) is 0 Å². The van der Waals surface area contributed by atoms with E-state index in [9.17, 15) is 0 Å². The van der Waals surface area contributed by atoms with Gasteiger partial charge in [0, 0.05) is 22.3 Å². The molecular weight excluding hydrogens is 226 g/mol. The minimum atomic E-state index is 0.735. The molecule has 3 atom stereocenters. The van der Waals surface area contributed by atoms with Gasteiger partial charge >= 0.3 is 0 Å². The highest BCUT2D eigenvalue weighted by Crippen LogP contribution is 2.29. The van der Waals surface area contributed by atoms with Crippen molar-refractivity contribution in [3.05, 3.63) is 21.9 Å². The van der Waals surface area contributed by atoms with Gasteiger partial charge in [-0.2, -0.15) is 0 Å². The fraction of sp³-hybridized carbons (Fsp3) is 0.733. The molecule has 17 heavy (non-hydrogen) atoms. The summed E-state index contributed by atoms with van der Waals surface area (Å²) in [7, 11) is 0. The van der Waals surface area contributed by atoms with Crippen molar-refractivity contribution in [2.24, 2.45) is 11.8 Å². The molecule has 0 aliphatic heterocycles. The third kappa shape index (κ3) is 3.56. The first-order valence-electron chi connectivity index (χ1n) is 7.00. The number of rotatable bonds is 4. The van der Waals surface area contributed by atoms with Crippen molar-refractivity contribution >= 4 is 11.3 Å². The Bertz CT molecular complexity index is 344. The van der Waals surface area contributed by atoms with Gasteiger partial charge < -0.3 is 5.32 Å². The van der Waals surface area contributed by atoms with E-state index in [1.54, 1.807) is 0 Å². The molecule has 0 aromatic carbocycles. The van der Waals surface area contributed by atoms with Crippen LogP contribution in [-0.4, -0.2) is 6.04 Å². The normalized spacial score (nSPS) is 29.5. The molecule has 1 aliphatic carbocycles. The lowest BCUT2D eigenvalue weighted by molar-refractivity contribution is 0.227. The van der Waals surface area contributed by atoms with Crippen LogP contribution in [0, 0.1) is 11.8 Å². The maximum Gasteiger partial charge on any atom is 0.0302 e. The maximum atomic E-state index is 3.76. The molecule has 1 aromatic rings. The van der Waals surface area contributed by atoms with Crippen molar-refractivity contribution < 1.29 is 0 Å². The third-order valence-electron chi connectivity index (χ3n) is 4.04. The molecule has 1 nitrogen and oxygen atoms in total. The highest BCUT2D eigenvalue weighted by atomic mass is 32.1. The van der Waals surface area contributed by atoms with Crippen LogP contribution < -0.4 is 5.32 Å². The summed E-state index contributed by atoms with van der Waals surface area (Å²) in [5.41, 5.74) is 0. The molecule has 1 heterocycles. The van der Waals surface area contributed by atoms with E-state index < -0.39 is 0 Å². The van der Waals surface area contributed by atoms with Crippen molar-refractivity contribution in [2.75, 3.05) is 0 Å². The van der Waals surface area contributed by atoms with Crippen molar-refractivity contribution in [1.82, 2.24) is 5.32 Å². The Morgan fingerprint density at radius 1 is 1.24 bits per heavy atom. The smallest absolute Gasteiger partial charge is 0.0302 e. The molecule has 0 radical (unpaired) electrons. The fourth-order valence-corrected chi connectivity index (χ4v) is 3.82. The molecule has 1 fully saturated rings. The Labute approximate surface area is 110 Å². The molecular formula is C15H25NS. The molecule has 1 aliphatic rings. The highest BCUT2D eigenvalue weighted by Gasteiger charge is 2.24. The lowest BCUT2D eigenvalue weighted by atomic mass is 9.80. The average molecular weight is 251 g/mol. The van der Waals surface area contributed by atoms with E-state index in [0.717, 1.165) is 24.4 Å². The first kappa shape index (κ1) is 13.1. The molecule has 0 bridgehead atoms. The lowest BCUT2D eigenvalue weighted by Gasteiger charge is -2.33. The largest absolute Gasteiger partial charge is 0.309 e. The summed E-state index contributed by atoms with van der Waals surface area (Å²) < 4.78 is 0. The summed E-state index contributed by atoms with van der Waals surface area (Å²) in [4.78, 5) is 3.00. The topological polar surface area (TPSA) is 12.0 Å². The average Bonchev–Trinajstić information content (AvgIpc) is 2.76. The molecule has 0 saturated heterocycles. The standard InChI is InChI=1S/C15H25NS/c1-4-13-6-7-14(17-13)10-16-15-8-5-11(2)9-12(15)3/h6-7,11-12,15-16H,4-5,8-10H2,1-3H3. The quantitative estimate of drug-likeness (QED) is 0.844. The van der Waals surface area contributed by atoms with Crippen molar-refractivity contribution in [2.45, 2.75) is 59.0 Å². The molecule has 2 heteroatoms. The first-order valence-corrected chi connectivity index (χ1v) is 7.81. The van der Waals surface area contributed by atoms with Crippen LogP contribution in [-0.2, 0) is 13.0 Å². The number of thiophene rings is 1. The van der Waals surface area contributed by atoms with Crippen LogP contribution in [0.5, 0.6) is 0 Å². The SMILES string of the molecule is CCc1ccc(CNC2CCC(C)CC2C)s1. The van der Waals surface area contributed by atoms with Gasteiger partial charge in [-0.15, -0.1) is 11.3 Å². The second-order valence-electron chi connectivity index (χ2n) is 5.60. The number of hydrogen-bond acceptors (Lipinski definition) is 2. The Balaban J connectivity index is 1.81. The maximum absolute atomic E-state index is 3.76. The summed E-state index contributed by atoms with van der Waals surface area (Å²) in [6.45, 7) is 8.08. The Hall–Kier alpha value is -0.340. The van der Waals surface area contributed by atoms with Crippen LogP contribution in [0.15, 0.2) is 12.1 Å². The highest BCUT2D eigenvalue weighted by molar-refractivity contribution is 7.11. The third-order valence-corrected chi connectivity index (χ3v) is 5.27. The summed E-state index contributed by atoms with van der Waals surface area (Å²) in [6, 6.07) is 5.29. The van der Waals surface area contributed by atoms with Crippen LogP contribution in [0.3, 0.4) is 0 Å². The van der Waals surface area contributed by atoms with Crippen molar-refractivity contribution in [1.29, 1.82) is 0 Å². The van der Waals surface area contributed by atoms with Crippen molar-refractivity contribution in [3.63, 3.8) is 0 Å². The molecule has 1 N–H and O–H groups in total. The molecule has 1 saturated carbocycles. The van der Waals surface area contributed by atoms with Crippen LogP contribution in [0.2, 0.25) is 0 Å². The van der Waals surface area contributed by atoms with Crippen LogP contribution in [0.25, 0.3) is 0 Å². The summed E-state index contributed by atoms with van der Waals surface area (Å²) in [6.07, 6.45) is 5.31. The van der Waals surface area contributed by atoms with Crippen LogP contribution in [0.4, 0.5) is 0 Å². The Kier molecular flexibility index (Phi) is 4.63. The second kappa shape index (κ2) is 6.01. The molecule has 1 aromatic heterocycles. The van der Waals surface area contributed by atoms with Crippen molar-refractivity contribution in [3.8, 4) is 0 Å². The van der Waals surface area contributed by atoms with Gasteiger partial charge in [-0.05, 0) is 49.7 Å². The fourth-order valence-electron chi connectivity index (χ4n) is 2.91. The molecule has 0 amide bonds. The van der Waals surface area contributed by atoms with Gasteiger partial charge in [-0.3, -0.25) is 0 Å². The second-order valence-corrected chi connectivity index (χ2v) is 6.86. The Morgan fingerprint density at radius 3 is 2.65 bits per heavy atom. The predicted molar refractivity (Wildman–Crippen MR) is 76.5 cm³/mol. The summed E-state index contributed by atoms with van der Waals surface area (Å²) in [5.74, 6) is 1.76. The van der Waals surface area contributed by atoms with Crippen LogP contribution >= 0.6 is 11.3 Å². The van der Waals surface area contributed by atoms with Gasteiger partial charge in [0.15, 0.2) is 0 Å². The Morgan fingerprint density at radius 2 is 2.00 bits per heavy atom. The van der Waals surface area contributed by atoms with Gasteiger partial charge in [-0.1, -0.05) is 20.8 Å². The van der Waals surface area contributed by atoms with E-state index in [4.69, 9.17) is 0 Å². The van der Waals surface area contributed by atoms with Crippen LogP contribution in [0.1, 0.15) is 49.8 Å². The summed E-state index contributed by atoms with van der Waals surface area (Å²) >= 11 is 1.96. The molecule has 2 rings (SSSR count). The predicted octanol–water partition coefficient (Wildman–Crippen LogP) is 4.22. The minimum Gasteiger partial charge on any atom is -0.309 e. The van der Waals surface area contributed by atoms with Gasteiger partial charge in [0.2, 0.25) is 0 Å². The van der Waals surface area contributed by atoms with E-state index in [1.165, 1.54) is 35.4 Å². The van der Waals surface area contributed by atoms with Gasteiger partial charge in [0.1, 0.15) is 0 Å². The van der Waals surface area contributed by atoms with Gasteiger partial charge in [0.05, 0.1) is 0 Å². The van der Waals surface area contributed by atoms with E-state index in [1.807, 2.05) is 11.3 Å². The minimum absolute atomic E-state index is 0.735. The molecule has 3 unspecified atom stereocenters.